The van der Waals surface area contributed by atoms with Gasteiger partial charge in [-0.2, -0.15) is 0 Å². The standard InChI is InChI=1S/C76H82BN3O/c1-70(2,3)53-32-33-61(67-51-28-22-23-29-66(51)81-69(53)67)80-63-46-58-56(74(10,11)37-39-76(58,14)15)44-60(63)77-59-43-55-57(75(12,13)38-36-73(55,8)9)45-62(59)79(49-30-31-52-54(40-49)72(6,7)35-34-71(52,4)5)64-41-50(42-65(80)68(64)77)78(47-24-18-16-19-25-47)48-26-20-17-21-27-48/h16-33,40-46H,34-39H2,1-15H3. The molecule has 0 saturated heterocycles. The Hall–Kier alpha value is -6.98. The van der Waals surface area contributed by atoms with E-state index >= 15 is 0 Å². The highest BCUT2D eigenvalue weighted by atomic mass is 16.3. The summed E-state index contributed by atoms with van der Waals surface area (Å²) in [6, 6.07) is 59.2. The van der Waals surface area contributed by atoms with Crippen LogP contribution in [0.15, 0.2) is 156 Å². The Morgan fingerprint density at radius 3 is 1.37 bits per heavy atom. The summed E-state index contributed by atoms with van der Waals surface area (Å²) in [6.45, 7) is 36.8. The first kappa shape index (κ1) is 52.1. The first-order valence-electron chi connectivity index (χ1n) is 30.4. The van der Waals surface area contributed by atoms with Gasteiger partial charge in [-0.15, -0.1) is 0 Å². The SMILES string of the molecule is CC(C)(C)c1ccc(N2c3cc4c(cc3B3c5cc6c(cc5N(c5ccc7c(c5)C(C)(C)CCC7(C)C)c5cc(N(c7ccccc7)c7ccccc7)cc2c53)C(C)(C)CCC6(C)C)C(C)(C)CCC4(C)C)c2c1oc1ccccc12. The quantitative estimate of drug-likeness (QED) is 0.160. The van der Waals surface area contributed by atoms with E-state index in [2.05, 4.69) is 270 Å². The predicted octanol–water partition coefficient (Wildman–Crippen LogP) is 19.5. The summed E-state index contributed by atoms with van der Waals surface area (Å²) in [5.74, 6) is 0. The summed E-state index contributed by atoms with van der Waals surface area (Å²) in [6.07, 6.45) is 6.88. The summed E-state index contributed by atoms with van der Waals surface area (Å²) in [5.41, 5.74) is 26.7. The van der Waals surface area contributed by atoms with Crippen LogP contribution in [0.2, 0.25) is 0 Å². The Balaban J connectivity index is 1.19. The maximum Gasteiger partial charge on any atom is 0.252 e. The van der Waals surface area contributed by atoms with Crippen LogP contribution in [0.25, 0.3) is 21.9 Å². The number of hydrogen-bond donors (Lipinski definition) is 0. The number of furan rings is 1. The number of para-hydroxylation sites is 3. The lowest BCUT2D eigenvalue weighted by Crippen LogP contribution is -2.62. The van der Waals surface area contributed by atoms with Gasteiger partial charge < -0.3 is 19.1 Å². The smallest absolute Gasteiger partial charge is 0.252 e. The molecule has 0 fully saturated rings. The highest BCUT2D eigenvalue weighted by Gasteiger charge is 2.50. The zero-order chi connectivity index (χ0) is 56.7. The monoisotopic (exact) mass is 1060 g/mol. The van der Waals surface area contributed by atoms with Gasteiger partial charge in [-0.1, -0.05) is 183 Å². The second-order valence-electron chi connectivity index (χ2n) is 30.1. The van der Waals surface area contributed by atoms with Crippen molar-refractivity contribution < 1.29 is 4.42 Å². The van der Waals surface area contributed by atoms with Crippen LogP contribution in [-0.4, -0.2) is 6.71 Å². The molecule has 0 spiro atoms. The molecule has 5 heteroatoms. The molecule has 0 unspecified atom stereocenters. The Morgan fingerprint density at radius 2 is 0.852 bits per heavy atom. The van der Waals surface area contributed by atoms with E-state index in [9.17, 15) is 0 Å². The van der Waals surface area contributed by atoms with Crippen molar-refractivity contribution in [3.05, 3.63) is 191 Å². The van der Waals surface area contributed by atoms with Crippen molar-refractivity contribution in [1.82, 2.24) is 0 Å². The lowest BCUT2D eigenvalue weighted by atomic mass is 9.32. The van der Waals surface area contributed by atoms with Crippen molar-refractivity contribution in [2.24, 2.45) is 0 Å². The largest absolute Gasteiger partial charge is 0.456 e. The number of fused-ring (bicyclic) bond motifs is 10. The molecule has 14 rings (SSSR count). The van der Waals surface area contributed by atoms with Crippen molar-refractivity contribution in [2.75, 3.05) is 14.7 Å². The third-order valence-corrected chi connectivity index (χ3v) is 20.9. The van der Waals surface area contributed by atoms with Crippen LogP contribution in [0.4, 0.5) is 51.2 Å². The molecule has 8 aromatic carbocycles. The van der Waals surface area contributed by atoms with E-state index in [0.29, 0.717) is 0 Å². The molecule has 0 amide bonds. The van der Waals surface area contributed by atoms with Crippen LogP contribution in [0, 0.1) is 0 Å². The highest BCUT2D eigenvalue weighted by molar-refractivity contribution is 7.00. The van der Waals surface area contributed by atoms with Crippen molar-refractivity contribution in [1.29, 1.82) is 0 Å². The second kappa shape index (κ2) is 17.3. The fraction of sp³-hybridized carbons (Fsp3) is 0.368. The maximum atomic E-state index is 7.17. The molecule has 4 nitrogen and oxygen atoms in total. The van der Waals surface area contributed by atoms with Crippen molar-refractivity contribution >= 4 is 96.2 Å². The molecule has 1 aromatic heterocycles. The lowest BCUT2D eigenvalue weighted by Gasteiger charge is -2.49. The van der Waals surface area contributed by atoms with Crippen molar-refractivity contribution in [3.63, 3.8) is 0 Å². The second-order valence-corrected chi connectivity index (χ2v) is 30.1. The third kappa shape index (κ3) is 7.82. The van der Waals surface area contributed by atoms with E-state index in [1.807, 2.05) is 0 Å². The van der Waals surface area contributed by atoms with E-state index in [0.717, 1.165) is 76.8 Å². The number of benzene rings is 8. The average Bonchev–Trinajstić information content (AvgIpc) is 1.85. The normalized spacial score (nSPS) is 19.3. The Labute approximate surface area is 483 Å². The van der Waals surface area contributed by atoms with Gasteiger partial charge in [0.05, 0.1) is 16.8 Å². The fourth-order valence-corrected chi connectivity index (χ4v) is 15.7. The molecule has 3 heterocycles. The topological polar surface area (TPSA) is 22.9 Å². The van der Waals surface area contributed by atoms with Gasteiger partial charge in [0, 0.05) is 50.8 Å². The van der Waals surface area contributed by atoms with Gasteiger partial charge >= 0.3 is 0 Å². The van der Waals surface area contributed by atoms with Gasteiger partial charge in [-0.05, 0) is 199 Å². The maximum absolute atomic E-state index is 7.17. The van der Waals surface area contributed by atoms with Crippen LogP contribution < -0.4 is 31.1 Å². The van der Waals surface area contributed by atoms with Gasteiger partial charge in [-0.25, -0.2) is 0 Å². The highest BCUT2D eigenvalue weighted by Crippen LogP contribution is 2.57. The number of rotatable bonds is 5. The minimum absolute atomic E-state index is 0.000875. The minimum Gasteiger partial charge on any atom is -0.456 e. The first-order chi connectivity index (χ1) is 38.3. The minimum atomic E-state index is -0.167. The first-order valence-corrected chi connectivity index (χ1v) is 30.4. The summed E-state index contributed by atoms with van der Waals surface area (Å²) in [4.78, 5) is 7.94. The van der Waals surface area contributed by atoms with Crippen LogP contribution >= 0.6 is 0 Å². The van der Waals surface area contributed by atoms with E-state index in [-0.39, 0.29) is 44.6 Å². The number of hydrogen-bond acceptors (Lipinski definition) is 4. The van der Waals surface area contributed by atoms with Crippen LogP contribution in [0.1, 0.15) is 181 Å². The molecular weight excluding hydrogens is 982 g/mol. The summed E-state index contributed by atoms with van der Waals surface area (Å²) in [5, 5.41) is 2.30. The molecule has 5 aliphatic rings. The average molecular weight is 1060 g/mol. The lowest BCUT2D eigenvalue weighted by molar-refractivity contribution is 0.332. The zero-order valence-corrected chi connectivity index (χ0v) is 51.0. The molecule has 81 heavy (non-hydrogen) atoms. The van der Waals surface area contributed by atoms with Crippen LogP contribution in [0.5, 0.6) is 0 Å². The molecule has 0 bridgehead atoms. The molecule has 2 aliphatic heterocycles. The third-order valence-electron chi connectivity index (χ3n) is 20.9. The molecule has 0 atom stereocenters. The number of anilines is 9. The van der Waals surface area contributed by atoms with Crippen molar-refractivity contribution in [2.45, 2.75) is 180 Å². The fourth-order valence-electron chi connectivity index (χ4n) is 15.7. The predicted molar refractivity (Wildman–Crippen MR) is 347 cm³/mol. The van der Waals surface area contributed by atoms with E-state index in [1.54, 1.807) is 0 Å². The number of nitrogens with zero attached hydrogens (tertiary/aromatic N) is 3. The van der Waals surface area contributed by atoms with Gasteiger partial charge in [0.1, 0.15) is 11.2 Å². The van der Waals surface area contributed by atoms with E-state index in [1.165, 1.54) is 90.2 Å². The molecule has 9 aromatic rings. The zero-order valence-electron chi connectivity index (χ0n) is 51.0. The Kier molecular flexibility index (Phi) is 11.1. The van der Waals surface area contributed by atoms with Gasteiger partial charge in [0.15, 0.2) is 0 Å². The van der Waals surface area contributed by atoms with Gasteiger partial charge in [-0.3, -0.25) is 0 Å². The van der Waals surface area contributed by atoms with E-state index < -0.39 is 0 Å². The molecule has 0 radical (unpaired) electrons. The Morgan fingerprint density at radius 1 is 0.407 bits per heavy atom. The summed E-state index contributed by atoms with van der Waals surface area (Å²) >= 11 is 0. The van der Waals surface area contributed by atoms with Crippen LogP contribution in [-0.2, 0) is 37.9 Å². The summed E-state index contributed by atoms with van der Waals surface area (Å²) in [7, 11) is 0. The molecule has 410 valence electrons. The molecule has 3 aliphatic carbocycles. The van der Waals surface area contributed by atoms with Crippen molar-refractivity contribution in [3.8, 4) is 0 Å². The summed E-state index contributed by atoms with van der Waals surface area (Å²) < 4.78 is 7.17. The van der Waals surface area contributed by atoms with Gasteiger partial charge in [0.25, 0.3) is 6.71 Å². The molecular formula is C76H82BN3O. The van der Waals surface area contributed by atoms with Crippen LogP contribution in [0.3, 0.4) is 0 Å². The molecule has 0 N–H and O–H groups in total. The van der Waals surface area contributed by atoms with E-state index in [4.69, 9.17) is 4.42 Å². The van der Waals surface area contributed by atoms with Gasteiger partial charge in [0.2, 0.25) is 0 Å². The Bertz CT molecular complexity index is 4030. The molecule has 0 saturated carbocycles.